The summed E-state index contributed by atoms with van der Waals surface area (Å²) in [5.74, 6) is -0.519. The van der Waals surface area contributed by atoms with Crippen LogP contribution in [0.3, 0.4) is 0 Å². The van der Waals surface area contributed by atoms with Gasteiger partial charge >= 0.3 is 0 Å². The van der Waals surface area contributed by atoms with Gasteiger partial charge in [0.1, 0.15) is 0 Å². The number of amides is 2. The fourth-order valence-corrected chi connectivity index (χ4v) is 2.28. The second-order valence-corrected chi connectivity index (χ2v) is 5.67. The number of hydrogen-bond donors (Lipinski definition) is 2. The van der Waals surface area contributed by atoms with E-state index in [4.69, 9.17) is 10.5 Å². The molecule has 1 unspecified atom stereocenters. The summed E-state index contributed by atoms with van der Waals surface area (Å²) in [6, 6.07) is 16.5. The van der Waals surface area contributed by atoms with E-state index >= 15 is 0 Å². The topological polar surface area (TPSA) is 106 Å². The fraction of sp³-hybridized carbons (Fsp3) is 0.200. The molecule has 0 saturated carbocycles. The standard InChI is InChI=1S/C20H18N4O2/c1-2-18(24-20(26)17-9-5-15(12-22)6-10-17)13-23-19(25)16-7-3-14(11-21)4-8-16/h3-10,18H,2,13H2,1H3,(H,23,25)(H,24,26). The minimum atomic E-state index is -0.263. The van der Waals surface area contributed by atoms with E-state index in [-0.39, 0.29) is 24.4 Å². The third-order valence-corrected chi connectivity index (χ3v) is 3.89. The van der Waals surface area contributed by atoms with Gasteiger partial charge in [-0.15, -0.1) is 0 Å². The Kier molecular flexibility index (Phi) is 6.47. The Labute approximate surface area is 152 Å². The number of carbonyl (C=O) groups is 2. The van der Waals surface area contributed by atoms with Gasteiger partial charge in [0.25, 0.3) is 11.8 Å². The molecule has 26 heavy (non-hydrogen) atoms. The van der Waals surface area contributed by atoms with Crippen molar-refractivity contribution in [2.45, 2.75) is 19.4 Å². The molecule has 0 radical (unpaired) electrons. The molecule has 2 N–H and O–H groups in total. The lowest BCUT2D eigenvalue weighted by Gasteiger charge is -2.18. The Morgan fingerprint density at radius 1 is 0.885 bits per heavy atom. The monoisotopic (exact) mass is 346 g/mol. The summed E-state index contributed by atoms with van der Waals surface area (Å²) >= 11 is 0. The quantitative estimate of drug-likeness (QED) is 0.837. The Balaban J connectivity index is 1.91. The first-order valence-corrected chi connectivity index (χ1v) is 8.16. The lowest BCUT2D eigenvalue weighted by Crippen LogP contribution is -2.43. The zero-order chi connectivity index (χ0) is 18.9. The van der Waals surface area contributed by atoms with Crippen molar-refractivity contribution in [3.05, 3.63) is 70.8 Å². The van der Waals surface area contributed by atoms with Crippen molar-refractivity contribution in [1.82, 2.24) is 10.6 Å². The predicted molar refractivity (Wildman–Crippen MR) is 96.2 cm³/mol. The summed E-state index contributed by atoms with van der Waals surface area (Å²) < 4.78 is 0. The minimum absolute atomic E-state index is 0.222. The summed E-state index contributed by atoms with van der Waals surface area (Å²) in [7, 11) is 0. The Bertz CT molecular complexity index is 859. The normalized spacial score (nSPS) is 10.9. The molecule has 1 atom stereocenters. The maximum atomic E-state index is 12.3. The van der Waals surface area contributed by atoms with Gasteiger partial charge in [0, 0.05) is 23.7 Å². The Morgan fingerprint density at radius 3 is 1.77 bits per heavy atom. The molecule has 0 aromatic heterocycles. The number of nitrogens with one attached hydrogen (secondary N) is 2. The van der Waals surface area contributed by atoms with Crippen molar-refractivity contribution < 1.29 is 9.59 Å². The molecule has 0 saturated heterocycles. The summed E-state index contributed by atoms with van der Waals surface area (Å²) in [4.78, 5) is 24.4. The second-order valence-electron chi connectivity index (χ2n) is 5.67. The van der Waals surface area contributed by atoms with Crippen LogP contribution in [-0.4, -0.2) is 24.4 Å². The van der Waals surface area contributed by atoms with Crippen LogP contribution in [-0.2, 0) is 0 Å². The second kappa shape index (κ2) is 9.00. The first kappa shape index (κ1) is 18.7. The number of benzene rings is 2. The van der Waals surface area contributed by atoms with E-state index in [9.17, 15) is 9.59 Å². The maximum Gasteiger partial charge on any atom is 0.251 e. The smallest absolute Gasteiger partial charge is 0.251 e. The van der Waals surface area contributed by atoms with Crippen LogP contribution in [0.15, 0.2) is 48.5 Å². The Morgan fingerprint density at radius 2 is 1.35 bits per heavy atom. The molecule has 0 aliphatic heterocycles. The average Bonchev–Trinajstić information content (AvgIpc) is 2.70. The third kappa shape index (κ3) is 4.93. The van der Waals surface area contributed by atoms with Crippen LogP contribution < -0.4 is 10.6 Å². The molecule has 6 heteroatoms. The summed E-state index contributed by atoms with van der Waals surface area (Å²) in [6.45, 7) is 2.20. The SMILES string of the molecule is CCC(CNC(=O)c1ccc(C#N)cc1)NC(=O)c1ccc(C#N)cc1. The molecular weight excluding hydrogens is 328 g/mol. The molecule has 130 valence electrons. The third-order valence-electron chi connectivity index (χ3n) is 3.89. The van der Waals surface area contributed by atoms with E-state index in [1.807, 2.05) is 19.1 Å². The highest BCUT2D eigenvalue weighted by Gasteiger charge is 2.14. The number of nitrogens with zero attached hydrogens (tertiary/aromatic N) is 2. The highest BCUT2D eigenvalue weighted by molar-refractivity contribution is 5.95. The van der Waals surface area contributed by atoms with Crippen LogP contribution in [0.4, 0.5) is 0 Å². The molecule has 0 bridgehead atoms. The summed E-state index contributed by atoms with van der Waals surface area (Å²) in [5.41, 5.74) is 1.89. The van der Waals surface area contributed by atoms with Gasteiger partial charge in [0.05, 0.1) is 23.3 Å². The Hall–Kier alpha value is -3.64. The van der Waals surface area contributed by atoms with E-state index in [1.54, 1.807) is 48.5 Å². The van der Waals surface area contributed by atoms with Crippen LogP contribution >= 0.6 is 0 Å². The summed E-state index contributed by atoms with van der Waals surface area (Å²) in [5, 5.41) is 23.2. The van der Waals surface area contributed by atoms with Gasteiger partial charge in [-0.3, -0.25) is 9.59 Å². The van der Waals surface area contributed by atoms with Gasteiger partial charge in [-0.05, 0) is 55.0 Å². The van der Waals surface area contributed by atoms with Crippen molar-refractivity contribution in [1.29, 1.82) is 10.5 Å². The molecule has 0 aliphatic carbocycles. The molecule has 2 aromatic carbocycles. The van der Waals surface area contributed by atoms with E-state index in [1.165, 1.54) is 0 Å². The molecule has 2 aromatic rings. The van der Waals surface area contributed by atoms with Gasteiger partial charge in [-0.2, -0.15) is 10.5 Å². The molecule has 0 fully saturated rings. The molecule has 0 heterocycles. The van der Waals surface area contributed by atoms with Gasteiger partial charge in [-0.1, -0.05) is 6.92 Å². The number of nitriles is 2. The van der Waals surface area contributed by atoms with Crippen LogP contribution in [0, 0.1) is 22.7 Å². The molecule has 2 amide bonds. The zero-order valence-electron chi connectivity index (χ0n) is 14.3. The van der Waals surface area contributed by atoms with Crippen molar-refractivity contribution in [2.24, 2.45) is 0 Å². The van der Waals surface area contributed by atoms with Gasteiger partial charge < -0.3 is 10.6 Å². The molecule has 6 nitrogen and oxygen atoms in total. The van der Waals surface area contributed by atoms with E-state index < -0.39 is 0 Å². The molecule has 2 rings (SSSR count). The predicted octanol–water partition coefficient (Wildman–Crippen LogP) is 2.37. The summed E-state index contributed by atoms with van der Waals surface area (Å²) in [6.07, 6.45) is 0.648. The first-order valence-electron chi connectivity index (χ1n) is 8.16. The van der Waals surface area contributed by atoms with Crippen molar-refractivity contribution >= 4 is 11.8 Å². The maximum absolute atomic E-state index is 12.3. The van der Waals surface area contributed by atoms with E-state index in [0.29, 0.717) is 28.7 Å². The number of carbonyl (C=O) groups excluding carboxylic acids is 2. The number of hydrogen-bond acceptors (Lipinski definition) is 4. The largest absolute Gasteiger partial charge is 0.350 e. The van der Waals surface area contributed by atoms with E-state index in [2.05, 4.69) is 10.6 Å². The van der Waals surface area contributed by atoms with Crippen LogP contribution in [0.1, 0.15) is 45.2 Å². The highest BCUT2D eigenvalue weighted by atomic mass is 16.2. The highest BCUT2D eigenvalue weighted by Crippen LogP contribution is 2.05. The van der Waals surface area contributed by atoms with Gasteiger partial charge in [0.15, 0.2) is 0 Å². The lowest BCUT2D eigenvalue weighted by atomic mass is 10.1. The van der Waals surface area contributed by atoms with Crippen molar-refractivity contribution in [3.63, 3.8) is 0 Å². The van der Waals surface area contributed by atoms with Gasteiger partial charge in [0.2, 0.25) is 0 Å². The fourth-order valence-electron chi connectivity index (χ4n) is 2.28. The van der Waals surface area contributed by atoms with Crippen molar-refractivity contribution in [3.8, 4) is 12.1 Å². The van der Waals surface area contributed by atoms with E-state index in [0.717, 1.165) is 0 Å². The zero-order valence-corrected chi connectivity index (χ0v) is 14.3. The molecule has 0 spiro atoms. The number of rotatable bonds is 6. The lowest BCUT2D eigenvalue weighted by molar-refractivity contribution is 0.0907. The van der Waals surface area contributed by atoms with Crippen LogP contribution in [0.2, 0.25) is 0 Å². The van der Waals surface area contributed by atoms with Gasteiger partial charge in [-0.25, -0.2) is 0 Å². The first-order chi connectivity index (χ1) is 12.6. The average molecular weight is 346 g/mol. The minimum Gasteiger partial charge on any atom is -0.350 e. The molecular formula is C20H18N4O2. The van der Waals surface area contributed by atoms with Crippen molar-refractivity contribution in [2.75, 3.05) is 6.54 Å². The van der Waals surface area contributed by atoms with Crippen LogP contribution in [0.25, 0.3) is 0 Å². The van der Waals surface area contributed by atoms with Crippen LogP contribution in [0.5, 0.6) is 0 Å². The molecule has 0 aliphatic rings.